The van der Waals surface area contributed by atoms with E-state index in [0.29, 0.717) is 5.46 Å². The number of benzene rings is 3. The minimum absolute atomic E-state index is 0.0147. The van der Waals surface area contributed by atoms with Crippen LogP contribution < -0.4 is 15.8 Å². The summed E-state index contributed by atoms with van der Waals surface area (Å²) in [7, 11) is -3.96. The summed E-state index contributed by atoms with van der Waals surface area (Å²) >= 11 is 0. The highest BCUT2D eigenvalue weighted by Crippen LogP contribution is 2.39. The highest BCUT2D eigenvalue weighted by molar-refractivity contribution is 6.99. The molecule has 0 saturated carbocycles. The lowest BCUT2D eigenvalue weighted by atomic mass is 9.80. The van der Waals surface area contributed by atoms with Crippen molar-refractivity contribution in [3.63, 3.8) is 0 Å². The first-order chi connectivity index (χ1) is 16.7. The number of nitrogens with zero attached hydrogens (tertiary/aromatic N) is 1. The van der Waals surface area contributed by atoms with Gasteiger partial charge in [0.25, 0.3) is 8.32 Å². The zero-order valence-corrected chi connectivity index (χ0v) is 22.4. The Bertz CT molecular complexity index is 1020. The Morgan fingerprint density at radius 2 is 1.31 bits per heavy atom. The molecule has 4 nitrogen and oxygen atoms in total. The van der Waals surface area contributed by atoms with Gasteiger partial charge in [-0.15, -0.1) is 0 Å². The van der Waals surface area contributed by atoms with E-state index < -0.39 is 15.4 Å². The van der Waals surface area contributed by atoms with E-state index in [9.17, 15) is 10.0 Å². The molecule has 0 bridgehead atoms. The van der Waals surface area contributed by atoms with Crippen LogP contribution in [-0.2, 0) is 4.43 Å². The molecule has 1 aliphatic heterocycles. The van der Waals surface area contributed by atoms with Crippen molar-refractivity contribution >= 4 is 31.3 Å². The van der Waals surface area contributed by atoms with Gasteiger partial charge in [-0.3, -0.25) is 4.90 Å². The summed E-state index contributed by atoms with van der Waals surface area (Å²) in [5.41, 5.74) is 1.72. The zero-order chi connectivity index (χ0) is 25.1. The predicted molar refractivity (Wildman–Crippen MR) is 148 cm³/mol. The Labute approximate surface area is 211 Å². The molecule has 4 rings (SSSR count). The van der Waals surface area contributed by atoms with E-state index in [1.54, 1.807) is 12.1 Å². The molecule has 0 radical (unpaired) electrons. The maximum absolute atomic E-state index is 9.38. The van der Waals surface area contributed by atoms with Gasteiger partial charge in [0.1, 0.15) is 0 Å². The Hall–Kier alpha value is -2.22. The van der Waals surface area contributed by atoms with Gasteiger partial charge in [0.15, 0.2) is 0 Å². The van der Waals surface area contributed by atoms with Gasteiger partial charge in [0.2, 0.25) is 0 Å². The zero-order valence-electron chi connectivity index (χ0n) is 21.4. The van der Waals surface area contributed by atoms with Crippen molar-refractivity contribution in [2.75, 3.05) is 13.1 Å². The van der Waals surface area contributed by atoms with Crippen LogP contribution in [0.3, 0.4) is 0 Å². The lowest BCUT2D eigenvalue weighted by Gasteiger charge is -2.47. The van der Waals surface area contributed by atoms with Crippen LogP contribution in [0.1, 0.15) is 52.1 Å². The van der Waals surface area contributed by atoms with Crippen LogP contribution in [-0.4, -0.2) is 49.6 Å². The SMILES string of the molecule is C[C@H](c1ccc(B(O)O)cc1)N1CCC(O[Si](c2ccccc2)(c2ccccc2)C(C)(C)C)CC1. The molecule has 184 valence electrons. The summed E-state index contributed by atoms with van der Waals surface area (Å²) < 4.78 is 7.35. The fourth-order valence-electron chi connectivity index (χ4n) is 5.48. The van der Waals surface area contributed by atoms with Crippen LogP contribution in [0.2, 0.25) is 5.04 Å². The van der Waals surface area contributed by atoms with E-state index in [0.717, 1.165) is 25.9 Å². The summed E-state index contributed by atoms with van der Waals surface area (Å²) in [6.45, 7) is 11.2. The number of rotatable bonds is 7. The molecule has 6 heteroatoms. The summed E-state index contributed by atoms with van der Waals surface area (Å²) in [6, 6.07) is 29.6. The van der Waals surface area contributed by atoms with Crippen LogP contribution in [0.5, 0.6) is 0 Å². The number of likely N-dealkylation sites (tertiary alicyclic amines) is 1. The molecule has 0 spiro atoms. The fourth-order valence-corrected chi connectivity index (χ4v) is 10.2. The minimum Gasteiger partial charge on any atom is -0.423 e. The van der Waals surface area contributed by atoms with E-state index in [4.69, 9.17) is 4.43 Å². The second kappa shape index (κ2) is 10.8. The van der Waals surface area contributed by atoms with E-state index >= 15 is 0 Å². The summed E-state index contributed by atoms with van der Waals surface area (Å²) in [5, 5.41) is 21.4. The summed E-state index contributed by atoms with van der Waals surface area (Å²) in [6.07, 6.45) is 2.22. The Kier molecular flexibility index (Phi) is 7.99. The molecule has 1 atom stereocenters. The second-order valence-corrected chi connectivity index (χ2v) is 15.0. The van der Waals surface area contributed by atoms with Crippen molar-refractivity contribution in [3.8, 4) is 0 Å². The number of hydrogen-bond acceptors (Lipinski definition) is 4. The van der Waals surface area contributed by atoms with E-state index in [2.05, 4.69) is 93.3 Å². The third kappa shape index (κ3) is 5.47. The Morgan fingerprint density at radius 1 is 0.829 bits per heavy atom. The van der Waals surface area contributed by atoms with E-state index in [-0.39, 0.29) is 17.2 Å². The van der Waals surface area contributed by atoms with Crippen LogP contribution in [0.25, 0.3) is 0 Å². The molecule has 3 aromatic rings. The average molecular weight is 488 g/mol. The van der Waals surface area contributed by atoms with Gasteiger partial charge >= 0.3 is 7.12 Å². The predicted octanol–water partition coefficient (Wildman–Crippen LogP) is 3.47. The standard InChI is InChI=1S/C29H38BNO3Si/c1-23(24-15-17-25(18-16-24)30(32)33)31-21-19-26(20-22-31)34-35(29(2,3)4,27-11-7-5-8-12-27)28-13-9-6-10-14-28/h5-18,23,26,32-33H,19-22H2,1-4H3/t23-/m1/s1. The smallest absolute Gasteiger partial charge is 0.423 e. The second-order valence-electron chi connectivity index (χ2n) is 10.7. The number of hydrogen-bond donors (Lipinski definition) is 2. The first-order valence-corrected chi connectivity index (χ1v) is 14.6. The molecule has 1 saturated heterocycles. The van der Waals surface area contributed by atoms with Crippen LogP contribution in [0.4, 0.5) is 0 Å². The molecule has 1 fully saturated rings. The summed E-state index contributed by atoms with van der Waals surface area (Å²) in [5.74, 6) is 0. The summed E-state index contributed by atoms with van der Waals surface area (Å²) in [4.78, 5) is 2.51. The molecular formula is C29H38BNO3Si. The fraction of sp³-hybridized carbons (Fsp3) is 0.379. The van der Waals surface area contributed by atoms with Crippen molar-refractivity contribution in [2.24, 2.45) is 0 Å². The lowest BCUT2D eigenvalue weighted by molar-refractivity contribution is 0.0736. The van der Waals surface area contributed by atoms with Gasteiger partial charge in [-0.25, -0.2) is 0 Å². The van der Waals surface area contributed by atoms with E-state index in [1.165, 1.54) is 15.9 Å². The molecule has 0 unspecified atom stereocenters. The molecule has 35 heavy (non-hydrogen) atoms. The van der Waals surface area contributed by atoms with E-state index in [1.807, 2.05) is 12.1 Å². The maximum atomic E-state index is 9.38. The average Bonchev–Trinajstić information content (AvgIpc) is 2.87. The lowest BCUT2D eigenvalue weighted by Crippen LogP contribution is -2.68. The first-order valence-electron chi connectivity index (χ1n) is 12.7. The minimum atomic E-state index is -2.53. The molecule has 0 aromatic heterocycles. The molecule has 1 aliphatic rings. The Balaban J connectivity index is 1.54. The van der Waals surface area contributed by atoms with Crippen LogP contribution in [0.15, 0.2) is 84.9 Å². The molecular weight excluding hydrogens is 449 g/mol. The highest BCUT2D eigenvalue weighted by atomic mass is 28.4. The molecule has 2 N–H and O–H groups in total. The van der Waals surface area contributed by atoms with Crippen molar-refractivity contribution in [2.45, 2.75) is 57.7 Å². The van der Waals surface area contributed by atoms with Crippen molar-refractivity contribution in [1.29, 1.82) is 0 Å². The molecule has 1 heterocycles. The van der Waals surface area contributed by atoms with Crippen molar-refractivity contribution in [3.05, 3.63) is 90.5 Å². The quantitative estimate of drug-likeness (QED) is 0.502. The third-order valence-electron chi connectivity index (χ3n) is 7.50. The van der Waals surface area contributed by atoms with Gasteiger partial charge in [0, 0.05) is 25.2 Å². The van der Waals surface area contributed by atoms with Gasteiger partial charge in [-0.05, 0) is 46.2 Å². The maximum Gasteiger partial charge on any atom is 0.488 e. The first kappa shape index (κ1) is 25.9. The molecule has 0 amide bonds. The van der Waals surface area contributed by atoms with Crippen molar-refractivity contribution in [1.82, 2.24) is 4.90 Å². The van der Waals surface area contributed by atoms with Gasteiger partial charge in [-0.1, -0.05) is 106 Å². The molecule has 0 aliphatic carbocycles. The van der Waals surface area contributed by atoms with Gasteiger partial charge < -0.3 is 14.5 Å². The van der Waals surface area contributed by atoms with Gasteiger partial charge in [0.05, 0.1) is 0 Å². The van der Waals surface area contributed by atoms with Crippen LogP contribution in [0, 0.1) is 0 Å². The highest BCUT2D eigenvalue weighted by Gasteiger charge is 2.51. The topological polar surface area (TPSA) is 52.9 Å². The molecule has 3 aromatic carbocycles. The largest absolute Gasteiger partial charge is 0.488 e. The van der Waals surface area contributed by atoms with Crippen LogP contribution >= 0.6 is 0 Å². The normalized spacial score (nSPS) is 16.7. The Morgan fingerprint density at radius 3 is 1.74 bits per heavy atom. The van der Waals surface area contributed by atoms with Gasteiger partial charge in [-0.2, -0.15) is 0 Å². The third-order valence-corrected chi connectivity index (χ3v) is 12.6. The monoisotopic (exact) mass is 487 g/mol. The number of piperidine rings is 1. The van der Waals surface area contributed by atoms with Crippen molar-refractivity contribution < 1.29 is 14.5 Å².